The molecule has 0 bridgehead atoms. The predicted molar refractivity (Wildman–Crippen MR) is 219 cm³/mol. The van der Waals surface area contributed by atoms with E-state index < -0.39 is 5.97 Å². The standard InChI is InChI=1S/C21H30N4OS.C17H21N3O2S.BrH/c1-8-25(7)13-22-17-10-14(2)16(9-15(17)3)11-19-23-18(12-27-19)20(26)24-21(4,5)6;1-5-20(4)10-18-14-7-11(2)13(6-12(14)3)8-16-19-15(9-23-16)17(21)22;/h9-10,12-13H,8,11H2,1-7H3,(H,24,26);6-7,9-10H,5,8H2,1-4H3,(H,21,22);1H. The Kier molecular flexibility index (Phi) is 16.6. The molecule has 4 aromatic rings. The van der Waals surface area contributed by atoms with Crippen molar-refractivity contribution in [3.8, 4) is 0 Å². The summed E-state index contributed by atoms with van der Waals surface area (Å²) < 4.78 is 0. The van der Waals surface area contributed by atoms with Crippen molar-refractivity contribution in [3.05, 3.63) is 89.8 Å². The fourth-order valence-corrected chi connectivity index (χ4v) is 6.17. The molecule has 2 aromatic heterocycles. The largest absolute Gasteiger partial charge is 0.476 e. The normalized spacial score (nSPS) is 11.3. The first-order chi connectivity index (χ1) is 23.5. The minimum Gasteiger partial charge on any atom is -0.476 e. The van der Waals surface area contributed by atoms with Crippen LogP contribution in [0.2, 0.25) is 0 Å². The number of halogens is 1. The number of carbonyl (C=O) groups is 2. The highest BCUT2D eigenvalue weighted by atomic mass is 79.9. The van der Waals surface area contributed by atoms with E-state index in [2.05, 4.69) is 77.2 Å². The van der Waals surface area contributed by atoms with Gasteiger partial charge in [-0.3, -0.25) is 4.79 Å². The van der Waals surface area contributed by atoms with Gasteiger partial charge in [-0.25, -0.2) is 24.7 Å². The van der Waals surface area contributed by atoms with Crippen molar-refractivity contribution >= 4 is 75.6 Å². The van der Waals surface area contributed by atoms with Gasteiger partial charge in [-0.05, 0) is 108 Å². The van der Waals surface area contributed by atoms with Crippen molar-refractivity contribution in [2.45, 2.75) is 80.7 Å². The van der Waals surface area contributed by atoms with E-state index in [4.69, 9.17) is 5.11 Å². The number of nitrogens with zero attached hydrogens (tertiary/aromatic N) is 6. The highest BCUT2D eigenvalue weighted by molar-refractivity contribution is 8.93. The molecule has 2 N–H and O–H groups in total. The zero-order valence-corrected chi connectivity index (χ0v) is 35.0. The zero-order valence-electron chi connectivity index (χ0n) is 31.6. The van der Waals surface area contributed by atoms with Crippen LogP contribution in [0.4, 0.5) is 11.4 Å². The summed E-state index contributed by atoms with van der Waals surface area (Å²) in [5.41, 5.74) is 9.20. The van der Waals surface area contributed by atoms with Crippen LogP contribution >= 0.6 is 39.7 Å². The molecule has 1 amide bonds. The summed E-state index contributed by atoms with van der Waals surface area (Å²) in [6.45, 7) is 20.2. The Labute approximate surface area is 321 Å². The highest BCUT2D eigenvalue weighted by Crippen LogP contribution is 2.27. The Morgan fingerprint density at radius 2 is 1.18 bits per heavy atom. The fraction of sp³-hybridized carbons (Fsp3) is 0.421. The molecule has 276 valence electrons. The maximum absolute atomic E-state index is 12.3. The van der Waals surface area contributed by atoms with E-state index in [9.17, 15) is 9.59 Å². The number of aromatic nitrogens is 2. The van der Waals surface area contributed by atoms with Gasteiger partial charge in [-0.2, -0.15) is 0 Å². The minimum absolute atomic E-state index is 0. The molecule has 0 saturated carbocycles. The number of carboxylic acid groups (broad SMARTS) is 1. The predicted octanol–water partition coefficient (Wildman–Crippen LogP) is 8.73. The lowest BCUT2D eigenvalue weighted by Crippen LogP contribution is -2.40. The Hall–Kier alpha value is -3.94. The number of thiazole rings is 2. The van der Waals surface area contributed by atoms with Crippen molar-refractivity contribution in [2.24, 2.45) is 9.98 Å². The number of carboxylic acids is 1. The average molecular weight is 799 g/mol. The molecule has 0 unspecified atom stereocenters. The van der Waals surface area contributed by atoms with Crippen LogP contribution in [-0.4, -0.2) is 82.2 Å². The van der Waals surface area contributed by atoms with Crippen LogP contribution < -0.4 is 5.32 Å². The molecule has 2 aromatic carbocycles. The van der Waals surface area contributed by atoms with Crippen LogP contribution in [0.1, 0.15) is 99.0 Å². The number of hydrogen-bond donors (Lipinski definition) is 2. The van der Waals surface area contributed by atoms with Crippen LogP contribution in [0.3, 0.4) is 0 Å². The molecule has 0 aliphatic carbocycles. The molecule has 0 aliphatic heterocycles. The molecule has 0 fully saturated rings. The third kappa shape index (κ3) is 13.6. The first kappa shape index (κ1) is 43.2. The van der Waals surface area contributed by atoms with E-state index in [1.807, 2.05) is 76.6 Å². The van der Waals surface area contributed by atoms with Crippen LogP contribution in [0.25, 0.3) is 0 Å². The summed E-state index contributed by atoms with van der Waals surface area (Å²) in [7, 11) is 4.00. The van der Waals surface area contributed by atoms with Gasteiger partial charge in [0.2, 0.25) is 0 Å². The number of rotatable bonds is 12. The molecule has 10 nitrogen and oxygen atoms in total. The minimum atomic E-state index is -0.981. The third-order valence-corrected chi connectivity index (χ3v) is 9.52. The first-order valence-electron chi connectivity index (χ1n) is 16.6. The van der Waals surface area contributed by atoms with Gasteiger partial charge in [0, 0.05) is 56.3 Å². The summed E-state index contributed by atoms with van der Waals surface area (Å²) in [4.78, 5) is 45.0. The van der Waals surface area contributed by atoms with Crippen molar-refractivity contribution in [1.82, 2.24) is 25.1 Å². The van der Waals surface area contributed by atoms with E-state index in [0.717, 1.165) is 63.2 Å². The number of carbonyl (C=O) groups excluding carboxylic acids is 1. The van der Waals surface area contributed by atoms with Gasteiger partial charge in [0.05, 0.1) is 34.1 Å². The topological polar surface area (TPSA) is 123 Å². The van der Waals surface area contributed by atoms with E-state index in [1.165, 1.54) is 33.8 Å². The lowest BCUT2D eigenvalue weighted by molar-refractivity contribution is 0.0690. The first-order valence-corrected chi connectivity index (χ1v) is 18.4. The molecule has 4 rings (SSSR count). The molecule has 51 heavy (non-hydrogen) atoms. The van der Waals surface area contributed by atoms with Gasteiger partial charge >= 0.3 is 5.97 Å². The number of aromatic carboxylic acids is 1. The number of aliphatic imine (C=N–C) groups is 2. The molecule has 0 atom stereocenters. The van der Waals surface area contributed by atoms with Crippen LogP contribution in [-0.2, 0) is 12.8 Å². The maximum atomic E-state index is 12.3. The Morgan fingerprint density at radius 1 is 0.765 bits per heavy atom. The Morgan fingerprint density at radius 3 is 1.55 bits per heavy atom. The lowest BCUT2D eigenvalue weighted by Gasteiger charge is -2.19. The molecular formula is C38H52BrN7O3S2. The number of amides is 1. The van der Waals surface area contributed by atoms with Crippen molar-refractivity contribution in [2.75, 3.05) is 27.2 Å². The smallest absolute Gasteiger partial charge is 0.355 e. The second-order valence-corrected chi connectivity index (χ2v) is 15.3. The lowest BCUT2D eigenvalue weighted by atomic mass is 10.0. The van der Waals surface area contributed by atoms with Gasteiger partial charge in [-0.15, -0.1) is 39.7 Å². The summed E-state index contributed by atoms with van der Waals surface area (Å²) in [5.74, 6) is -1.10. The summed E-state index contributed by atoms with van der Waals surface area (Å²) in [6.07, 6.45) is 5.06. The summed E-state index contributed by atoms with van der Waals surface area (Å²) >= 11 is 2.91. The van der Waals surface area contributed by atoms with Crippen LogP contribution in [0, 0.1) is 27.7 Å². The highest BCUT2D eigenvalue weighted by Gasteiger charge is 2.18. The van der Waals surface area contributed by atoms with Crippen molar-refractivity contribution in [1.29, 1.82) is 0 Å². The quantitative estimate of drug-likeness (QED) is 0.109. The van der Waals surface area contributed by atoms with E-state index in [0.29, 0.717) is 12.1 Å². The zero-order chi connectivity index (χ0) is 37.2. The van der Waals surface area contributed by atoms with Crippen LogP contribution in [0.15, 0.2) is 45.0 Å². The molecule has 0 saturated heterocycles. The van der Waals surface area contributed by atoms with Crippen molar-refractivity contribution in [3.63, 3.8) is 0 Å². The second-order valence-electron chi connectivity index (χ2n) is 13.4. The van der Waals surface area contributed by atoms with Crippen molar-refractivity contribution < 1.29 is 14.7 Å². The molecule has 0 radical (unpaired) electrons. The molecule has 0 aliphatic rings. The third-order valence-electron chi connectivity index (χ3n) is 7.82. The number of nitrogens with one attached hydrogen (secondary N) is 1. The summed E-state index contributed by atoms with van der Waals surface area (Å²) in [6, 6.07) is 8.46. The molecule has 2 heterocycles. The summed E-state index contributed by atoms with van der Waals surface area (Å²) in [5, 5.41) is 17.1. The van der Waals surface area contributed by atoms with Gasteiger partial charge < -0.3 is 20.2 Å². The molecular weight excluding hydrogens is 747 g/mol. The molecule has 13 heteroatoms. The van der Waals surface area contributed by atoms with E-state index in [-0.39, 0.29) is 34.1 Å². The SMILES string of the molecule is Br.CCN(C)C=Nc1cc(C)c(Cc2nc(C(=O)NC(C)(C)C)cs2)cc1C.CCN(C)C=Nc1cc(C)c(Cc2nc(C(=O)O)cs2)cc1C. The van der Waals surface area contributed by atoms with E-state index >= 15 is 0 Å². The van der Waals surface area contributed by atoms with Gasteiger partial charge in [0.25, 0.3) is 5.91 Å². The van der Waals surface area contributed by atoms with Gasteiger partial charge in [-0.1, -0.05) is 12.1 Å². The van der Waals surface area contributed by atoms with Gasteiger partial charge in [0.15, 0.2) is 5.69 Å². The fourth-order valence-electron chi connectivity index (χ4n) is 4.58. The number of aryl methyl sites for hydroxylation is 4. The second kappa shape index (κ2) is 19.6. The van der Waals surface area contributed by atoms with E-state index in [1.54, 1.807) is 5.38 Å². The monoisotopic (exact) mass is 797 g/mol. The maximum Gasteiger partial charge on any atom is 0.355 e. The number of benzene rings is 2. The number of hydrogen-bond acceptors (Lipinski definition) is 8. The van der Waals surface area contributed by atoms with Gasteiger partial charge in [0.1, 0.15) is 5.69 Å². The van der Waals surface area contributed by atoms with Crippen LogP contribution in [0.5, 0.6) is 0 Å². The Balaban J connectivity index is 0.000000351. The average Bonchev–Trinajstić information content (AvgIpc) is 3.72. The molecule has 0 spiro atoms. The Bertz CT molecular complexity index is 1840.